The Bertz CT molecular complexity index is 636. The normalized spacial score (nSPS) is 9.79. The zero-order valence-electron chi connectivity index (χ0n) is 10.3. The van der Waals surface area contributed by atoms with E-state index in [1.54, 1.807) is 12.1 Å². The van der Waals surface area contributed by atoms with Gasteiger partial charge in [0.2, 0.25) is 5.88 Å². The lowest BCUT2D eigenvalue weighted by atomic mass is 10.1. The van der Waals surface area contributed by atoms with Crippen molar-refractivity contribution in [1.82, 2.24) is 9.97 Å². The summed E-state index contributed by atoms with van der Waals surface area (Å²) in [6.45, 7) is 0. The van der Waals surface area contributed by atoms with Crippen LogP contribution in [0.3, 0.4) is 0 Å². The van der Waals surface area contributed by atoms with Gasteiger partial charge in [-0.1, -0.05) is 12.1 Å². The molecule has 0 N–H and O–H groups in total. The molecule has 0 bridgehead atoms. The molecule has 0 aliphatic heterocycles. The Kier molecular flexibility index (Phi) is 3.97. The van der Waals surface area contributed by atoms with Crippen molar-refractivity contribution in [3.05, 3.63) is 34.4 Å². The van der Waals surface area contributed by atoms with Crippen LogP contribution in [-0.2, 0) is 0 Å². The number of rotatable bonds is 3. The fraction of sp³-hybridized carbons (Fsp3) is 0.154. The van der Waals surface area contributed by atoms with E-state index in [0.717, 1.165) is 5.56 Å². The molecule has 0 amide bonds. The molecule has 1 heterocycles. The number of nitriles is 1. The van der Waals surface area contributed by atoms with Gasteiger partial charge in [-0.25, -0.2) is 0 Å². The maximum absolute atomic E-state index is 8.80. The second-order valence-corrected chi connectivity index (χ2v) is 4.33. The molecule has 0 spiro atoms. The van der Waals surface area contributed by atoms with Gasteiger partial charge < -0.3 is 9.47 Å². The minimum Gasteiger partial charge on any atom is -0.480 e. The van der Waals surface area contributed by atoms with Gasteiger partial charge in [-0.05, 0) is 33.6 Å². The molecule has 2 aromatic rings. The lowest BCUT2D eigenvalue weighted by Crippen LogP contribution is -1.99. The number of nitrogens with zero attached hydrogens (tertiary/aromatic N) is 3. The van der Waals surface area contributed by atoms with Crippen molar-refractivity contribution in [1.29, 1.82) is 5.26 Å². The first-order chi connectivity index (χ1) is 9.19. The van der Waals surface area contributed by atoms with E-state index in [0.29, 0.717) is 21.6 Å². The van der Waals surface area contributed by atoms with E-state index in [1.165, 1.54) is 14.2 Å². The Morgan fingerprint density at radius 3 is 2.32 bits per heavy atom. The van der Waals surface area contributed by atoms with Gasteiger partial charge in [0.25, 0.3) is 0 Å². The number of hydrogen-bond acceptors (Lipinski definition) is 5. The van der Waals surface area contributed by atoms with Gasteiger partial charge in [0, 0.05) is 0 Å². The molecule has 2 rings (SSSR count). The second kappa shape index (κ2) is 5.67. The highest BCUT2D eigenvalue weighted by Crippen LogP contribution is 2.35. The third-order valence-corrected chi connectivity index (χ3v) is 3.06. The van der Waals surface area contributed by atoms with Gasteiger partial charge in [0.05, 0.1) is 31.4 Å². The van der Waals surface area contributed by atoms with Gasteiger partial charge in [0.15, 0.2) is 0 Å². The quantitative estimate of drug-likeness (QED) is 0.814. The largest absolute Gasteiger partial charge is 0.480 e. The van der Waals surface area contributed by atoms with E-state index >= 15 is 0 Å². The summed E-state index contributed by atoms with van der Waals surface area (Å²) < 4.78 is 10.8. The first kappa shape index (κ1) is 13.3. The molecule has 19 heavy (non-hydrogen) atoms. The van der Waals surface area contributed by atoms with Gasteiger partial charge in [-0.2, -0.15) is 15.2 Å². The minimum atomic E-state index is 0.223. The molecule has 96 valence electrons. The van der Waals surface area contributed by atoms with Crippen LogP contribution in [0.15, 0.2) is 28.9 Å². The summed E-state index contributed by atoms with van der Waals surface area (Å²) in [6, 6.07) is 9.38. The zero-order valence-corrected chi connectivity index (χ0v) is 11.9. The highest BCUT2D eigenvalue weighted by molar-refractivity contribution is 9.10. The zero-order chi connectivity index (χ0) is 13.8. The van der Waals surface area contributed by atoms with Crippen molar-refractivity contribution in [2.24, 2.45) is 0 Å². The van der Waals surface area contributed by atoms with E-state index in [2.05, 4.69) is 32.0 Å². The predicted molar refractivity (Wildman–Crippen MR) is 73.0 cm³/mol. The fourth-order valence-corrected chi connectivity index (χ4v) is 2.14. The summed E-state index contributed by atoms with van der Waals surface area (Å²) in [4.78, 5) is 8.30. The van der Waals surface area contributed by atoms with Crippen LogP contribution >= 0.6 is 15.9 Å². The van der Waals surface area contributed by atoms with Crippen LogP contribution in [-0.4, -0.2) is 24.2 Å². The monoisotopic (exact) mass is 319 g/mol. The highest BCUT2D eigenvalue weighted by atomic mass is 79.9. The fourth-order valence-electron chi connectivity index (χ4n) is 1.59. The lowest BCUT2D eigenvalue weighted by molar-refractivity contribution is 0.352. The van der Waals surface area contributed by atoms with Crippen LogP contribution in [0, 0.1) is 11.3 Å². The van der Waals surface area contributed by atoms with Crippen molar-refractivity contribution >= 4 is 15.9 Å². The molecule has 6 heteroatoms. The highest BCUT2D eigenvalue weighted by Gasteiger charge is 2.15. The number of benzene rings is 1. The Balaban J connectivity index is 2.57. The molecule has 0 unspecified atom stereocenters. The number of methoxy groups -OCH3 is 2. The summed E-state index contributed by atoms with van der Waals surface area (Å²) in [7, 11) is 3.02. The van der Waals surface area contributed by atoms with Gasteiger partial charge >= 0.3 is 6.01 Å². The van der Waals surface area contributed by atoms with E-state index in [9.17, 15) is 0 Å². The molecular formula is C13H10BrN3O2. The van der Waals surface area contributed by atoms with Crippen molar-refractivity contribution in [2.75, 3.05) is 14.2 Å². The third kappa shape index (κ3) is 2.66. The number of hydrogen-bond donors (Lipinski definition) is 0. The molecule has 0 saturated heterocycles. The van der Waals surface area contributed by atoms with Gasteiger partial charge in [0.1, 0.15) is 4.60 Å². The molecule has 0 saturated carbocycles. The van der Waals surface area contributed by atoms with E-state index in [4.69, 9.17) is 14.7 Å². The van der Waals surface area contributed by atoms with Crippen LogP contribution in [0.5, 0.6) is 11.9 Å². The van der Waals surface area contributed by atoms with Crippen molar-refractivity contribution in [2.45, 2.75) is 0 Å². The maximum Gasteiger partial charge on any atom is 0.320 e. The summed E-state index contributed by atoms with van der Waals surface area (Å²) >= 11 is 3.38. The molecule has 0 aliphatic rings. The van der Waals surface area contributed by atoms with Crippen LogP contribution in [0.1, 0.15) is 5.56 Å². The van der Waals surface area contributed by atoms with Crippen LogP contribution in [0.4, 0.5) is 0 Å². The van der Waals surface area contributed by atoms with Crippen LogP contribution in [0.2, 0.25) is 0 Å². The van der Waals surface area contributed by atoms with Crippen molar-refractivity contribution in [3.63, 3.8) is 0 Å². The molecular weight excluding hydrogens is 310 g/mol. The minimum absolute atomic E-state index is 0.223. The summed E-state index contributed by atoms with van der Waals surface area (Å²) in [6.07, 6.45) is 0. The van der Waals surface area contributed by atoms with Crippen molar-refractivity contribution < 1.29 is 9.47 Å². The molecule has 1 aromatic carbocycles. The van der Waals surface area contributed by atoms with Gasteiger partial charge in [-0.15, -0.1) is 0 Å². The van der Waals surface area contributed by atoms with E-state index in [-0.39, 0.29) is 6.01 Å². The first-order valence-electron chi connectivity index (χ1n) is 5.35. The Morgan fingerprint density at radius 2 is 1.79 bits per heavy atom. The summed E-state index contributed by atoms with van der Waals surface area (Å²) in [5, 5.41) is 8.80. The Morgan fingerprint density at radius 1 is 1.11 bits per heavy atom. The van der Waals surface area contributed by atoms with Crippen LogP contribution < -0.4 is 9.47 Å². The topological polar surface area (TPSA) is 68.0 Å². The van der Waals surface area contributed by atoms with Crippen molar-refractivity contribution in [3.8, 4) is 29.1 Å². The molecule has 0 aliphatic carbocycles. The average Bonchev–Trinajstić information content (AvgIpc) is 2.46. The van der Waals surface area contributed by atoms with Gasteiger partial charge in [-0.3, -0.25) is 0 Å². The molecule has 0 radical (unpaired) electrons. The van der Waals surface area contributed by atoms with Crippen LogP contribution in [0.25, 0.3) is 11.1 Å². The molecule has 5 nitrogen and oxygen atoms in total. The van der Waals surface area contributed by atoms with E-state index in [1.807, 2.05) is 12.1 Å². The Labute approximate surface area is 119 Å². The number of aromatic nitrogens is 2. The maximum atomic E-state index is 8.80. The van der Waals surface area contributed by atoms with E-state index < -0.39 is 0 Å². The Hall–Kier alpha value is -2.13. The SMILES string of the molecule is COc1nc(Br)c(-c2ccc(C#N)cc2)c(OC)n1. The number of ether oxygens (including phenoxy) is 2. The third-order valence-electron chi connectivity index (χ3n) is 2.49. The summed E-state index contributed by atoms with van der Waals surface area (Å²) in [5.41, 5.74) is 2.16. The standard InChI is InChI=1S/C13H10BrN3O2/c1-18-12-10(11(14)16-13(17-12)19-2)9-5-3-8(7-15)4-6-9/h3-6H,1-2H3. The first-order valence-corrected chi connectivity index (χ1v) is 6.15. The average molecular weight is 320 g/mol. The lowest BCUT2D eigenvalue weighted by Gasteiger charge is -2.10. The molecule has 0 atom stereocenters. The number of halogens is 1. The molecule has 0 fully saturated rings. The second-order valence-electron chi connectivity index (χ2n) is 3.57. The molecule has 1 aromatic heterocycles. The summed E-state index contributed by atoms with van der Waals surface area (Å²) in [5.74, 6) is 0.406. The predicted octanol–water partition coefficient (Wildman–Crippen LogP) is 2.79. The smallest absolute Gasteiger partial charge is 0.320 e.